The third-order valence-corrected chi connectivity index (χ3v) is 7.76. The van der Waals surface area contributed by atoms with Gasteiger partial charge in [-0.1, -0.05) is 60.7 Å². The first-order chi connectivity index (χ1) is 19.4. The maximum atomic E-state index is 13.8. The summed E-state index contributed by atoms with van der Waals surface area (Å²) in [6, 6.07) is 27.1. The van der Waals surface area contributed by atoms with Gasteiger partial charge in [0.1, 0.15) is 0 Å². The molecule has 0 aromatic heterocycles. The topological polar surface area (TPSA) is 107 Å². The summed E-state index contributed by atoms with van der Waals surface area (Å²) < 4.78 is 44.9. The molecule has 10 heteroatoms. The molecule has 4 aromatic rings. The number of para-hydroxylation sites is 1. The molecule has 0 bridgehead atoms. The number of nitrogens with zero attached hydrogens (tertiary/aromatic N) is 2. The van der Waals surface area contributed by atoms with E-state index in [9.17, 15) is 13.2 Å². The van der Waals surface area contributed by atoms with Crippen LogP contribution in [-0.2, 0) is 16.6 Å². The van der Waals surface area contributed by atoms with Gasteiger partial charge in [-0.25, -0.2) is 13.8 Å². The van der Waals surface area contributed by atoms with Crippen molar-refractivity contribution in [2.75, 3.05) is 25.6 Å². The molecule has 0 saturated carbocycles. The van der Waals surface area contributed by atoms with Crippen molar-refractivity contribution < 1.29 is 27.4 Å². The van der Waals surface area contributed by atoms with Crippen molar-refractivity contribution in [3.8, 4) is 17.2 Å². The molecule has 0 radical (unpaired) electrons. The molecule has 1 N–H and O–H groups in total. The van der Waals surface area contributed by atoms with Crippen molar-refractivity contribution in [1.82, 2.24) is 5.43 Å². The van der Waals surface area contributed by atoms with Crippen LogP contribution in [0.2, 0.25) is 0 Å². The van der Waals surface area contributed by atoms with Gasteiger partial charge in [0.05, 0.1) is 50.2 Å². The largest absolute Gasteiger partial charge is 0.493 e. The minimum Gasteiger partial charge on any atom is -0.493 e. The van der Waals surface area contributed by atoms with E-state index in [1.54, 1.807) is 54.6 Å². The van der Waals surface area contributed by atoms with Crippen LogP contribution in [0.15, 0.2) is 107 Å². The summed E-state index contributed by atoms with van der Waals surface area (Å²) in [5.74, 6) is 0.712. The van der Waals surface area contributed by atoms with Gasteiger partial charge in [0.25, 0.3) is 15.9 Å². The van der Waals surface area contributed by atoms with Crippen LogP contribution in [0, 0.1) is 0 Å². The van der Waals surface area contributed by atoms with E-state index >= 15 is 0 Å². The summed E-state index contributed by atoms with van der Waals surface area (Å²) in [4.78, 5) is 13.4. The Labute approximate surface area is 233 Å². The van der Waals surface area contributed by atoms with E-state index in [1.807, 2.05) is 30.3 Å². The Morgan fingerprint density at radius 2 is 1.40 bits per heavy atom. The second kappa shape index (κ2) is 12.8. The summed E-state index contributed by atoms with van der Waals surface area (Å²) >= 11 is 0. The first-order valence-corrected chi connectivity index (χ1v) is 13.7. The highest BCUT2D eigenvalue weighted by molar-refractivity contribution is 7.92. The van der Waals surface area contributed by atoms with E-state index in [0.717, 1.165) is 5.56 Å². The van der Waals surface area contributed by atoms with E-state index in [0.29, 0.717) is 22.8 Å². The van der Waals surface area contributed by atoms with Crippen molar-refractivity contribution in [1.29, 1.82) is 0 Å². The predicted octanol–water partition coefficient (Wildman–Crippen LogP) is 4.87. The zero-order valence-corrected chi connectivity index (χ0v) is 23.1. The van der Waals surface area contributed by atoms with Crippen LogP contribution in [0.5, 0.6) is 17.2 Å². The Balaban J connectivity index is 1.67. The maximum absolute atomic E-state index is 13.8. The highest BCUT2D eigenvalue weighted by Crippen LogP contribution is 2.37. The Kier molecular flexibility index (Phi) is 9.03. The fourth-order valence-electron chi connectivity index (χ4n) is 4.05. The van der Waals surface area contributed by atoms with Gasteiger partial charge in [-0.05, 0) is 42.0 Å². The van der Waals surface area contributed by atoms with Gasteiger partial charge >= 0.3 is 0 Å². The third-order valence-electron chi connectivity index (χ3n) is 5.98. The van der Waals surface area contributed by atoms with Gasteiger partial charge in [-0.15, -0.1) is 0 Å². The lowest BCUT2D eigenvalue weighted by Crippen LogP contribution is -2.33. The maximum Gasteiger partial charge on any atom is 0.273 e. The Morgan fingerprint density at radius 1 is 0.825 bits per heavy atom. The van der Waals surface area contributed by atoms with Gasteiger partial charge in [-0.2, -0.15) is 5.10 Å². The number of nitrogens with one attached hydrogen (secondary N) is 1. The number of hydrogen-bond acceptors (Lipinski definition) is 7. The molecular formula is C30H29N3O6S. The fraction of sp³-hybridized carbons (Fsp3) is 0.133. The number of carbonyl (C=O) groups excluding carboxylic acids is 1. The van der Waals surface area contributed by atoms with Crippen LogP contribution < -0.4 is 23.9 Å². The van der Waals surface area contributed by atoms with Crippen molar-refractivity contribution in [3.05, 3.63) is 114 Å². The normalized spacial score (nSPS) is 11.2. The number of sulfonamides is 1. The minimum absolute atomic E-state index is 0.0249. The molecule has 0 aliphatic carbocycles. The number of methoxy groups -OCH3 is 3. The molecule has 0 unspecified atom stereocenters. The van der Waals surface area contributed by atoms with E-state index in [-0.39, 0.29) is 22.7 Å². The molecule has 0 fully saturated rings. The van der Waals surface area contributed by atoms with Crippen LogP contribution >= 0.6 is 0 Å². The summed E-state index contributed by atoms with van der Waals surface area (Å²) in [6.45, 7) is 0.0249. The van der Waals surface area contributed by atoms with Gasteiger partial charge in [0.2, 0.25) is 5.75 Å². The van der Waals surface area contributed by atoms with Crippen LogP contribution in [0.25, 0.3) is 0 Å². The van der Waals surface area contributed by atoms with Crippen molar-refractivity contribution in [2.24, 2.45) is 5.10 Å². The first kappa shape index (κ1) is 28.2. The van der Waals surface area contributed by atoms with E-state index < -0.39 is 15.9 Å². The van der Waals surface area contributed by atoms with Crippen LogP contribution in [0.1, 0.15) is 21.5 Å². The quantitative estimate of drug-likeness (QED) is 0.208. The van der Waals surface area contributed by atoms with E-state index in [2.05, 4.69) is 10.5 Å². The molecule has 4 aromatic carbocycles. The lowest BCUT2D eigenvalue weighted by atomic mass is 10.1. The lowest BCUT2D eigenvalue weighted by molar-refractivity contribution is 0.0955. The first-order valence-electron chi connectivity index (χ1n) is 12.2. The van der Waals surface area contributed by atoms with Crippen LogP contribution in [-0.4, -0.2) is 41.9 Å². The smallest absolute Gasteiger partial charge is 0.273 e. The van der Waals surface area contributed by atoms with Gasteiger partial charge in [0.15, 0.2) is 11.5 Å². The van der Waals surface area contributed by atoms with Crippen molar-refractivity contribution in [3.63, 3.8) is 0 Å². The second-order valence-corrected chi connectivity index (χ2v) is 10.3. The molecule has 0 atom stereocenters. The average Bonchev–Trinajstić information content (AvgIpc) is 3.00. The molecule has 40 heavy (non-hydrogen) atoms. The van der Waals surface area contributed by atoms with E-state index in [4.69, 9.17) is 14.2 Å². The summed E-state index contributed by atoms with van der Waals surface area (Å²) in [5.41, 5.74) is 4.20. The standard InChI is InChI=1S/C30H29N3O6S/c1-37-27-18-23(19-28(38-2)29(27)39-3)20-31-32-30(34)25-16-10-11-17-26(25)33(21-22-12-6-4-7-13-22)40(35,36)24-14-8-5-9-15-24/h4-20H,21H2,1-3H3,(H,32,34)/b31-20-. The predicted molar refractivity (Wildman–Crippen MR) is 154 cm³/mol. The molecule has 0 heterocycles. The SMILES string of the molecule is COc1cc(/C=N\NC(=O)c2ccccc2N(Cc2ccccc2)S(=O)(=O)c2ccccc2)cc(OC)c1OC. The number of benzene rings is 4. The lowest BCUT2D eigenvalue weighted by Gasteiger charge is -2.26. The fourth-order valence-corrected chi connectivity index (χ4v) is 5.55. The van der Waals surface area contributed by atoms with Gasteiger partial charge < -0.3 is 14.2 Å². The minimum atomic E-state index is -4.02. The molecule has 1 amide bonds. The average molecular weight is 560 g/mol. The molecule has 9 nitrogen and oxygen atoms in total. The number of ether oxygens (including phenoxy) is 3. The summed E-state index contributed by atoms with van der Waals surface area (Å²) in [7, 11) is 0.489. The zero-order valence-electron chi connectivity index (χ0n) is 22.3. The van der Waals surface area contributed by atoms with Gasteiger partial charge in [0, 0.05) is 5.56 Å². The molecule has 206 valence electrons. The molecule has 0 spiro atoms. The Bertz CT molecular complexity index is 1570. The number of hydrogen-bond donors (Lipinski definition) is 1. The number of anilines is 1. The second-order valence-electron chi connectivity index (χ2n) is 8.49. The van der Waals surface area contributed by atoms with Crippen LogP contribution in [0.3, 0.4) is 0 Å². The summed E-state index contributed by atoms with van der Waals surface area (Å²) in [6.07, 6.45) is 1.42. The Morgan fingerprint density at radius 3 is 2.00 bits per heavy atom. The molecule has 0 aliphatic heterocycles. The monoisotopic (exact) mass is 559 g/mol. The molecule has 0 saturated heterocycles. The van der Waals surface area contributed by atoms with Crippen molar-refractivity contribution >= 4 is 27.8 Å². The zero-order chi connectivity index (χ0) is 28.5. The Hall–Kier alpha value is -4.83. The van der Waals surface area contributed by atoms with Crippen molar-refractivity contribution in [2.45, 2.75) is 11.4 Å². The summed E-state index contributed by atoms with van der Waals surface area (Å²) in [5, 5.41) is 4.08. The number of amides is 1. The highest BCUT2D eigenvalue weighted by Gasteiger charge is 2.28. The molecule has 4 rings (SSSR count). The van der Waals surface area contributed by atoms with E-state index in [1.165, 1.54) is 44.0 Å². The molecular weight excluding hydrogens is 530 g/mol. The third kappa shape index (κ3) is 6.24. The number of hydrazone groups is 1. The highest BCUT2D eigenvalue weighted by atomic mass is 32.2. The van der Waals surface area contributed by atoms with Gasteiger partial charge in [-0.3, -0.25) is 9.10 Å². The number of carbonyl (C=O) groups is 1. The molecule has 0 aliphatic rings. The number of rotatable bonds is 11. The van der Waals surface area contributed by atoms with Crippen LogP contribution in [0.4, 0.5) is 5.69 Å².